The Hall–Kier alpha value is -1.12. The van der Waals surface area contributed by atoms with Gasteiger partial charge >= 0.3 is 0 Å². The molecule has 48 valence electrons. The largest absolute Gasteiger partial charge is 0.273 e. The maximum Gasteiger partial charge on any atom is 0.243 e. The van der Waals surface area contributed by atoms with E-state index in [1.54, 1.807) is 12.3 Å². The van der Waals surface area contributed by atoms with E-state index in [0.717, 1.165) is 5.69 Å². The van der Waals surface area contributed by atoms with Crippen molar-refractivity contribution in [3.8, 4) is 0 Å². The molecule has 0 N–H and O–H groups in total. The summed E-state index contributed by atoms with van der Waals surface area (Å²) in [5, 5.41) is 3.78. The Bertz CT molecular complexity index is 227. The highest BCUT2D eigenvalue weighted by Gasteiger charge is 1.98. The summed E-state index contributed by atoms with van der Waals surface area (Å²) in [6.45, 7) is 3.33. The smallest absolute Gasteiger partial charge is 0.243 e. The molecule has 1 aromatic heterocycles. The third-order valence-electron chi connectivity index (χ3n) is 1.13. The van der Waals surface area contributed by atoms with Gasteiger partial charge in [0.1, 0.15) is 0 Å². The Labute approximate surface area is 53.3 Å². The SMILES string of the molecule is CC(=O)n1nccc1C. The minimum Gasteiger partial charge on any atom is -0.273 e. The summed E-state index contributed by atoms with van der Waals surface area (Å²) in [4.78, 5) is 10.6. The van der Waals surface area contributed by atoms with Crippen molar-refractivity contribution < 1.29 is 4.79 Å². The van der Waals surface area contributed by atoms with E-state index < -0.39 is 0 Å². The predicted molar refractivity (Wildman–Crippen MR) is 33.3 cm³/mol. The summed E-state index contributed by atoms with van der Waals surface area (Å²) in [6.07, 6.45) is 1.61. The molecule has 3 nitrogen and oxygen atoms in total. The van der Waals surface area contributed by atoms with E-state index in [-0.39, 0.29) is 5.91 Å². The lowest BCUT2D eigenvalue weighted by Gasteiger charge is -1.93. The fourth-order valence-corrected chi connectivity index (χ4v) is 0.699. The molecular weight excluding hydrogens is 116 g/mol. The van der Waals surface area contributed by atoms with E-state index >= 15 is 0 Å². The average Bonchev–Trinajstić information content (AvgIpc) is 2.13. The van der Waals surface area contributed by atoms with Gasteiger partial charge in [0.05, 0.1) is 0 Å². The molecule has 1 aromatic rings. The Morgan fingerprint density at radius 1 is 1.78 bits per heavy atom. The summed E-state index contributed by atoms with van der Waals surface area (Å²) >= 11 is 0. The van der Waals surface area contributed by atoms with Gasteiger partial charge in [-0.15, -0.1) is 0 Å². The standard InChI is InChI=1S/C6H8N2O/c1-5-3-4-7-8(5)6(2)9/h3-4H,1-2H3. The second kappa shape index (κ2) is 2.01. The number of aryl methyl sites for hydroxylation is 1. The fourth-order valence-electron chi connectivity index (χ4n) is 0.699. The Kier molecular flexibility index (Phi) is 1.34. The van der Waals surface area contributed by atoms with E-state index in [9.17, 15) is 4.79 Å². The Balaban J connectivity index is 3.08. The van der Waals surface area contributed by atoms with Gasteiger partial charge in [0, 0.05) is 18.8 Å². The number of nitrogens with zero attached hydrogens (tertiary/aromatic N) is 2. The predicted octanol–water partition coefficient (Wildman–Crippen LogP) is 0.852. The van der Waals surface area contributed by atoms with Gasteiger partial charge in [-0.25, -0.2) is 4.68 Å². The zero-order valence-electron chi connectivity index (χ0n) is 5.46. The molecule has 0 unspecified atom stereocenters. The van der Waals surface area contributed by atoms with Crippen LogP contribution >= 0.6 is 0 Å². The van der Waals surface area contributed by atoms with Crippen LogP contribution in [0.5, 0.6) is 0 Å². The molecule has 0 spiro atoms. The van der Waals surface area contributed by atoms with Crippen LogP contribution in [-0.2, 0) is 0 Å². The number of rotatable bonds is 0. The van der Waals surface area contributed by atoms with Gasteiger partial charge in [-0.05, 0) is 13.0 Å². The highest BCUT2D eigenvalue weighted by atomic mass is 16.2. The topological polar surface area (TPSA) is 34.9 Å². The van der Waals surface area contributed by atoms with Gasteiger partial charge in [-0.3, -0.25) is 4.79 Å². The molecule has 0 aliphatic carbocycles. The number of carbonyl (C=O) groups excluding carboxylic acids is 1. The second-order valence-corrected chi connectivity index (χ2v) is 1.90. The maximum absolute atomic E-state index is 10.6. The Morgan fingerprint density at radius 3 is 2.67 bits per heavy atom. The number of carbonyl (C=O) groups is 1. The van der Waals surface area contributed by atoms with Crippen molar-refractivity contribution in [2.24, 2.45) is 0 Å². The zero-order valence-corrected chi connectivity index (χ0v) is 5.46. The Morgan fingerprint density at radius 2 is 2.44 bits per heavy atom. The lowest BCUT2D eigenvalue weighted by molar-refractivity contribution is 0.0919. The van der Waals surface area contributed by atoms with Crippen molar-refractivity contribution in [2.45, 2.75) is 13.8 Å². The van der Waals surface area contributed by atoms with Gasteiger partial charge in [-0.1, -0.05) is 0 Å². The van der Waals surface area contributed by atoms with Crippen LogP contribution in [-0.4, -0.2) is 15.7 Å². The first-order valence-corrected chi connectivity index (χ1v) is 2.73. The average molecular weight is 124 g/mol. The van der Waals surface area contributed by atoms with Crippen LogP contribution in [0, 0.1) is 6.92 Å². The second-order valence-electron chi connectivity index (χ2n) is 1.90. The quantitative estimate of drug-likeness (QED) is 0.514. The molecule has 0 aliphatic heterocycles. The molecule has 9 heavy (non-hydrogen) atoms. The summed E-state index contributed by atoms with van der Waals surface area (Å²) in [5.41, 5.74) is 0.877. The van der Waals surface area contributed by atoms with Crippen molar-refractivity contribution in [1.82, 2.24) is 9.78 Å². The van der Waals surface area contributed by atoms with Crippen molar-refractivity contribution in [3.05, 3.63) is 18.0 Å². The molecule has 0 saturated carbocycles. The summed E-state index contributed by atoms with van der Waals surface area (Å²) in [5.74, 6) is -0.0440. The third-order valence-corrected chi connectivity index (χ3v) is 1.13. The van der Waals surface area contributed by atoms with Gasteiger partial charge in [0.25, 0.3) is 0 Å². The van der Waals surface area contributed by atoms with Crippen LogP contribution in [0.2, 0.25) is 0 Å². The highest BCUT2D eigenvalue weighted by Crippen LogP contribution is 1.93. The lowest BCUT2D eigenvalue weighted by atomic mass is 10.5. The molecule has 0 saturated heterocycles. The monoisotopic (exact) mass is 124 g/mol. The van der Waals surface area contributed by atoms with Crippen LogP contribution in [0.4, 0.5) is 0 Å². The molecule has 0 aliphatic rings. The first kappa shape index (κ1) is 6.01. The molecule has 0 aromatic carbocycles. The third kappa shape index (κ3) is 0.988. The van der Waals surface area contributed by atoms with E-state index in [0.29, 0.717) is 0 Å². The molecular formula is C6H8N2O. The summed E-state index contributed by atoms with van der Waals surface area (Å²) in [7, 11) is 0. The van der Waals surface area contributed by atoms with Crippen LogP contribution in [0.1, 0.15) is 17.4 Å². The minimum atomic E-state index is -0.0440. The van der Waals surface area contributed by atoms with Crippen molar-refractivity contribution in [1.29, 1.82) is 0 Å². The molecule has 1 rings (SSSR count). The van der Waals surface area contributed by atoms with E-state index in [1.165, 1.54) is 11.6 Å². The van der Waals surface area contributed by atoms with Crippen molar-refractivity contribution in [3.63, 3.8) is 0 Å². The van der Waals surface area contributed by atoms with Gasteiger partial charge in [0.15, 0.2) is 0 Å². The zero-order chi connectivity index (χ0) is 6.85. The van der Waals surface area contributed by atoms with Crippen LogP contribution in [0.25, 0.3) is 0 Å². The first-order valence-electron chi connectivity index (χ1n) is 2.73. The number of aromatic nitrogens is 2. The number of hydrogen-bond donors (Lipinski definition) is 0. The van der Waals surface area contributed by atoms with Crippen LogP contribution in [0.15, 0.2) is 12.3 Å². The van der Waals surface area contributed by atoms with Gasteiger partial charge < -0.3 is 0 Å². The van der Waals surface area contributed by atoms with E-state index in [1.807, 2.05) is 6.92 Å². The molecule has 0 atom stereocenters. The van der Waals surface area contributed by atoms with Crippen molar-refractivity contribution in [2.75, 3.05) is 0 Å². The molecule has 1 heterocycles. The van der Waals surface area contributed by atoms with E-state index in [4.69, 9.17) is 0 Å². The molecule has 3 heteroatoms. The fraction of sp³-hybridized carbons (Fsp3) is 0.333. The molecule has 0 radical (unpaired) electrons. The van der Waals surface area contributed by atoms with Crippen molar-refractivity contribution >= 4 is 5.91 Å². The minimum absolute atomic E-state index is 0.0440. The molecule has 0 fully saturated rings. The normalized spacial score (nSPS) is 9.56. The highest BCUT2D eigenvalue weighted by molar-refractivity contribution is 5.75. The summed E-state index contributed by atoms with van der Waals surface area (Å²) < 4.78 is 1.36. The van der Waals surface area contributed by atoms with Crippen LogP contribution in [0.3, 0.4) is 0 Å². The van der Waals surface area contributed by atoms with Crippen LogP contribution < -0.4 is 0 Å². The molecule has 0 bridgehead atoms. The first-order chi connectivity index (χ1) is 4.22. The molecule has 0 amide bonds. The maximum atomic E-state index is 10.6. The lowest BCUT2D eigenvalue weighted by Crippen LogP contribution is -2.08. The van der Waals surface area contributed by atoms with Gasteiger partial charge in [-0.2, -0.15) is 5.10 Å². The summed E-state index contributed by atoms with van der Waals surface area (Å²) in [6, 6.07) is 1.79. The number of hydrogen-bond acceptors (Lipinski definition) is 2. The van der Waals surface area contributed by atoms with E-state index in [2.05, 4.69) is 5.10 Å². The van der Waals surface area contributed by atoms with Gasteiger partial charge in [0.2, 0.25) is 5.91 Å².